The van der Waals surface area contributed by atoms with E-state index in [-0.39, 0.29) is 0 Å². The van der Waals surface area contributed by atoms with E-state index in [0.717, 1.165) is 17.7 Å². The van der Waals surface area contributed by atoms with Crippen LogP contribution in [0.15, 0.2) is 4.99 Å². The van der Waals surface area contributed by atoms with Crippen LogP contribution in [0.4, 0.5) is 0 Å². The van der Waals surface area contributed by atoms with Gasteiger partial charge in [-0.15, -0.1) is 0 Å². The average molecular weight is 168 g/mol. The maximum absolute atomic E-state index is 5.55. The molecule has 0 aromatic carbocycles. The minimum atomic E-state index is 0.501. The lowest BCUT2D eigenvalue weighted by atomic mass is 9.79. The lowest BCUT2D eigenvalue weighted by Crippen LogP contribution is -2.25. The van der Waals surface area contributed by atoms with E-state index >= 15 is 0 Å². The molecule has 0 radical (unpaired) electrons. The largest absolute Gasteiger partial charge is 0.388 e. The molecule has 2 N–H and O–H groups in total. The fourth-order valence-corrected chi connectivity index (χ4v) is 1.92. The van der Waals surface area contributed by atoms with Gasteiger partial charge in [0.05, 0.1) is 11.9 Å². The highest BCUT2D eigenvalue weighted by molar-refractivity contribution is 5.77. The van der Waals surface area contributed by atoms with Crippen LogP contribution in [0.2, 0.25) is 0 Å². The molecule has 0 spiro atoms. The van der Waals surface area contributed by atoms with Crippen LogP contribution in [0, 0.1) is 11.8 Å². The van der Waals surface area contributed by atoms with E-state index in [1.165, 1.54) is 19.3 Å². The SMILES string of the molecule is CC(N)=NC1CCC(C)C(C)C1. The molecule has 1 rings (SSSR count). The number of aliphatic imine (C=N–C) groups is 1. The Morgan fingerprint density at radius 1 is 1.25 bits per heavy atom. The third-order valence-electron chi connectivity index (χ3n) is 2.96. The van der Waals surface area contributed by atoms with Crippen molar-refractivity contribution in [3.05, 3.63) is 0 Å². The van der Waals surface area contributed by atoms with E-state index in [1.807, 2.05) is 6.92 Å². The summed E-state index contributed by atoms with van der Waals surface area (Å²) in [6, 6.07) is 0.501. The molecule has 1 aliphatic rings. The van der Waals surface area contributed by atoms with Crippen molar-refractivity contribution < 1.29 is 0 Å². The van der Waals surface area contributed by atoms with Gasteiger partial charge in [0.2, 0.25) is 0 Å². The Morgan fingerprint density at radius 3 is 2.42 bits per heavy atom. The van der Waals surface area contributed by atoms with E-state index in [2.05, 4.69) is 18.8 Å². The summed E-state index contributed by atoms with van der Waals surface area (Å²) in [6.07, 6.45) is 3.75. The van der Waals surface area contributed by atoms with Gasteiger partial charge in [-0.05, 0) is 38.0 Å². The highest BCUT2D eigenvalue weighted by atomic mass is 14.9. The molecule has 12 heavy (non-hydrogen) atoms. The second-order valence-electron chi connectivity index (χ2n) is 4.19. The number of nitrogens with two attached hydrogens (primary N) is 1. The fourth-order valence-electron chi connectivity index (χ4n) is 1.92. The predicted octanol–water partition coefficient (Wildman–Crippen LogP) is 2.19. The van der Waals surface area contributed by atoms with Crippen molar-refractivity contribution in [3.8, 4) is 0 Å². The van der Waals surface area contributed by atoms with Crippen molar-refractivity contribution in [1.29, 1.82) is 0 Å². The number of nitrogens with zero attached hydrogens (tertiary/aromatic N) is 1. The van der Waals surface area contributed by atoms with Gasteiger partial charge in [-0.25, -0.2) is 0 Å². The maximum atomic E-state index is 5.55. The van der Waals surface area contributed by atoms with Crippen molar-refractivity contribution in [2.75, 3.05) is 0 Å². The summed E-state index contributed by atoms with van der Waals surface area (Å²) in [5.74, 6) is 2.42. The zero-order valence-electron chi connectivity index (χ0n) is 8.38. The van der Waals surface area contributed by atoms with Crippen LogP contribution in [-0.4, -0.2) is 11.9 Å². The summed E-state index contributed by atoms with van der Waals surface area (Å²) in [5.41, 5.74) is 5.55. The van der Waals surface area contributed by atoms with Crippen LogP contribution in [0.3, 0.4) is 0 Å². The van der Waals surface area contributed by atoms with Gasteiger partial charge < -0.3 is 5.73 Å². The first kappa shape index (κ1) is 9.56. The highest BCUT2D eigenvalue weighted by Gasteiger charge is 2.23. The first-order valence-corrected chi connectivity index (χ1v) is 4.89. The molecule has 0 saturated heterocycles. The molecule has 0 aromatic heterocycles. The van der Waals surface area contributed by atoms with E-state index in [0.29, 0.717) is 6.04 Å². The summed E-state index contributed by atoms with van der Waals surface area (Å²) in [5, 5.41) is 0. The van der Waals surface area contributed by atoms with E-state index in [1.54, 1.807) is 0 Å². The van der Waals surface area contributed by atoms with Gasteiger partial charge in [-0.1, -0.05) is 13.8 Å². The Balaban J connectivity index is 2.46. The molecule has 0 aliphatic heterocycles. The molecule has 0 heterocycles. The maximum Gasteiger partial charge on any atom is 0.0909 e. The minimum Gasteiger partial charge on any atom is -0.388 e. The molecule has 1 saturated carbocycles. The molecule has 0 bridgehead atoms. The van der Waals surface area contributed by atoms with Crippen molar-refractivity contribution in [1.82, 2.24) is 0 Å². The number of amidine groups is 1. The quantitative estimate of drug-likeness (QED) is 0.473. The molecule has 2 nitrogen and oxygen atoms in total. The van der Waals surface area contributed by atoms with Crippen LogP contribution in [-0.2, 0) is 0 Å². The lowest BCUT2D eigenvalue weighted by Gasteiger charge is -2.29. The van der Waals surface area contributed by atoms with Crippen LogP contribution in [0.1, 0.15) is 40.0 Å². The third kappa shape index (κ3) is 2.50. The third-order valence-corrected chi connectivity index (χ3v) is 2.96. The molecule has 3 unspecified atom stereocenters. The first-order chi connectivity index (χ1) is 5.59. The molecule has 2 heteroatoms. The van der Waals surface area contributed by atoms with Gasteiger partial charge in [0, 0.05) is 0 Å². The average Bonchev–Trinajstić information content (AvgIpc) is 1.96. The van der Waals surface area contributed by atoms with E-state index in [4.69, 9.17) is 5.73 Å². The Labute approximate surface area is 75.3 Å². The first-order valence-electron chi connectivity index (χ1n) is 4.89. The highest BCUT2D eigenvalue weighted by Crippen LogP contribution is 2.30. The van der Waals surface area contributed by atoms with Crippen molar-refractivity contribution in [2.24, 2.45) is 22.6 Å². The Kier molecular flexibility index (Phi) is 3.12. The molecular weight excluding hydrogens is 148 g/mol. The Hall–Kier alpha value is -0.530. The van der Waals surface area contributed by atoms with Crippen LogP contribution in [0.5, 0.6) is 0 Å². The van der Waals surface area contributed by atoms with Gasteiger partial charge in [-0.3, -0.25) is 4.99 Å². The zero-order valence-corrected chi connectivity index (χ0v) is 8.38. The summed E-state index contributed by atoms with van der Waals surface area (Å²) < 4.78 is 0. The number of rotatable bonds is 1. The van der Waals surface area contributed by atoms with Crippen molar-refractivity contribution >= 4 is 5.84 Å². The van der Waals surface area contributed by atoms with Crippen LogP contribution >= 0.6 is 0 Å². The van der Waals surface area contributed by atoms with Gasteiger partial charge in [0.1, 0.15) is 0 Å². The summed E-state index contributed by atoms with van der Waals surface area (Å²) in [4.78, 5) is 4.42. The van der Waals surface area contributed by atoms with Gasteiger partial charge >= 0.3 is 0 Å². The summed E-state index contributed by atoms with van der Waals surface area (Å²) in [6.45, 7) is 6.53. The smallest absolute Gasteiger partial charge is 0.0909 e. The van der Waals surface area contributed by atoms with Crippen molar-refractivity contribution in [2.45, 2.75) is 46.1 Å². The standard InChI is InChI=1S/C10H20N2/c1-7-4-5-10(6-8(7)2)12-9(3)11/h7-8,10H,4-6H2,1-3H3,(H2,11,12). The summed E-state index contributed by atoms with van der Waals surface area (Å²) in [7, 11) is 0. The predicted molar refractivity (Wildman–Crippen MR) is 53.3 cm³/mol. The molecule has 1 fully saturated rings. The molecule has 3 atom stereocenters. The zero-order chi connectivity index (χ0) is 9.14. The number of hydrogen-bond donors (Lipinski definition) is 1. The second kappa shape index (κ2) is 3.92. The van der Waals surface area contributed by atoms with Gasteiger partial charge in [-0.2, -0.15) is 0 Å². The van der Waals surface area contributed by atoms with Crippen molar-refractivity contribution in [3.63, 3.8) is 0 Å². The monoisotopic (exact) mass is 168 g/mol. The Bertz CT molecular complexity index is 171. The van der Waals surface area contributed by atoms with Crippen LogP contribution in [0.25, 0.3) is 0 Å². The topological polar surface area (TPSA) is 38.4 Å². The minimum absolute atomic E-state index is 0.501. The normalized spacial score (nSPS) is 38.2. The molecular formula is C10H20N2. The molecule has 0 aromatic rings. The lowest BCUT2D eigenvalue weighted by molar-refractivity contribution is 0.252. The second-order valence-corrected chi connectivity index (χ2v) is 4.19. The fraction of sp³-hybridized carbons (Fsp3) is 0.900. The van der Waals surface area contributed by atoms with Gasteiger partial charge in [0.25, 0.3) is 0 Å². The Morgan fingerprint density at radius 2 is 1.92 bits per heavy atom. The molecule has 0 amide bonds. The number of hydrogen-bond acceptors (Lipinski definition) is 1. The van der Waals surface area contributed by atoms with E-state index < -0.39 is 0 Å². The summed E-state index contributed by atoms with van der Waals surface area (Å²) >= 11 is 0. The van der Waals surface area contributed by atoms with E-state index in [9.17, 15) is 0 Å². The van der Waals surface area contributed by atoms with Gasteiger partial charge in [0.15, 0.2) is 0 Å². The molecule has 70 valence electrons. The van der Waals surface area contributed by atoms with Crippen LogP contribution < -0.4 is 5.73 Å². The molecule has 1 aliphatic carbocycles.